The van der Waals surface area contributed by atoms with Crippen LogP contribution < -0.4 is 20.1 Å². The van der Waals surface area contributed by atoms with Crippen molar-refractivity contribution >= 4 is 34.1 Å². The summed E-state index contributed by atoms with van der Waals surface area (Å²) in [5.41, 5.74) is -0.0142. The van der Waals surface area contributed by atoms with Crippen molar-refractivity contribution in [3.8, 4) is 17.2 Å². The Bertz CT molecular complexity index is 1700. The molecule has 214 valence electrons. The van der Waals surface area contributed by atoms with Gasteiger partial charge in [-0.3, -0.25) is 14.6 Å². The highest BCUT2D eigenvalue weighted by atomic mass is 19.1. The molecule has 2 aliphatic carbocycles. The van der Waals surface area contributed by atoms with Crippen molar-refractivity contribution in [2.75, 3.05) is 17.2 Å². The lowest BCUT2D eigenvalue weighted by Crippen LogP contribution is -2.35. The molecule has 1 atom stereocenters. The number of halogens is 2. The first-order chi connectivity index (χ1) is 20.3. The maximum Gasteiger partial charge on any atom is 0.240 e. The van der Waals surface area contributed by atoms with Gasteiger partial charge < -0.3 is 24.8 Å². The van der Waals surface area contributed by atoms with Crippen LogP contribution in [0.2, 0.25) is 0 Å². The lowest BCUT2D eigenvalue weighted by Gasteiger charge is -2.16. The molecule has 1 aliphatic heterocycles. The van der Waals surface area contributed by atoms with Gasteiger partial charge in [-0.1, -0.05) is 0 Å². The van der Waals surface area contributed by atoms with Gasteiger partial charge >= 0.3 is 0 Å². The summed E-state index contributed by atoms with van der Waals surface area (Å²) in [4.78, 5) is 30.2. The molecule has 42 heavy (non-hydrogen) atoms. The number of amides is 2. The number of pyridine rings is 1. The molecule has 8 nitrogen and oxygen atoms in total. The molecular weight excluding hydrogens is 544 g/mol. The summed E-state index contributed by atoms with van der Waals surface area (Å²) < 4.78 is 46.1. The molecule has 7 rings (SSSR count). The summed E-state index contributed by atoms with van der Waals surface area (Å²) in [6, 6.07) is 16.5. The van der Waals surface area contributed by atoms with Crippen LogP contribution in [0.4, 0.5) is 20.2 Å². The van der Waals surface area contributed by atoms with Crippen LogP contribution >= 0.6 is 0 Å². The average molecular weight is 572 g/mol. The van der Waals surface area contributed by atoms with E-state index >= 15 is 4.39 Å². The van der Waals surface area contributed by atoms with E-state index in [1.165, 1.54) is 36.4 Å². The molecule has 1 unspecified atom stereocenters. The van der Waals surface area contributed by atoms with Gasteiger partial charge in [0.15, 0.2) is 11.6 Å². The van der Waals surface area contributed by atoms with Crippen LogP contribution in [0.15, 0.2) is 72.9 Å². The van der Waals surface area contributed by atoms with Gasteiger partial charge in [0.1, 0.15) is 28.8 Å². The Labute approximate surface area is 240 Å². The van der Waals surface area contributed by atoms with Gasteiger partial charge in [0.25, 0.3) is 0 Å². The van der Waals surface area contributed by atoms with Crippen molar-refractivity contribution in [3.63, 3.8) is 0 Å². The number of carbonyl (C=O) groups is 2. The van der Waals surface area contributed by atoms with Gasteiger partial charge in [0.05, 0.1) is 17.7 Å². The van der Waals surface area contributed by atoms with Crippen molar-refractivity contribution in [3.05, 3.63) is 84.6 Å². The highest BCUT2D eigenvalue weighted by molar-refractivity contribution is 6.16. The van der Waals surface area contributed by atoms with Gasteiger partial charge in [-0.05, 0) is 80.3 Å². The molecule has 1 saturated heterocycles. The Hall–Kier alpha value is -4.57. The van der Waals surface area contributed by atoms with Crippen molar-refractivity contribution in [2.45, 2.75) is 43.8 Å². The molecule has 10 heteroatoms. The first-order valence-electron chi connectivity index (χ1n) is 13.9. The first-order valence-corrected chi connectivity index (χ1v) is 13.9. The number of hydrogen-bond donors (Lipinski definition) is 2. The fourth-order valence-corrected chi connectivity index (χ4v) is 5.32. The number of nitrogens with one attached hydrogen (secondary N) is 2. The van der Waals surface area contributed by atoms with Gasteiger partial charge in [-0.15, -0.1) is 0 Å². The Balaban J connectivity index is 1.01. The van der Waals surface area contributed by atoms with E-state index in [2.05, 4.69) is 15.6 Å². The predicted molar refractivity (Wildman–Crippen MR) is 150 cm³/mol. The summed E-state index contributed by atoms with van der Waals surface area (Å²) in [5, 5.41) is 5.97. The van der Waals surface area contributed by atoms with E-state index in [-0.39, 0.29) is 23.1 Å². The summed E-state index contributed by atoms with van der Waals surface area (Å²) in [5.74, 6) is -1.08. The van der Waals surface area contributed by atoms with Crippen LogP contribution in [0.25, 0.3) is 10.9 Å². The Kier molecular flexibility index (Phi) is 6.31. The predicted octanol–water partition coefficient (Wildman–Crippen LogP) is 6.36. The Morgan fingerprint density at radius 1 is 0.857 bits per heavy atom. The molecular formula is C32H27F2N3O5. The lowest BCUT2D eigenvalue weighted by atomic mass is 10.0. The zero-order chi connectivity index (χ0) is 28.9. The second-order valence-electron chi connectivity index (χ2n) is 11.2. The molecule has 0 bridgehead atoms. The van der Waals surface area contributed by atoms with E-state index < -0.39 is 28.9 Å². The molecule has 2 amide bonds. The number of hydrogen-bond acceptors (Lipinski definition) is 6. The topological polar surface area (TPSA) is 98.8 Å². The second-order valence-corrected chi connectivity index (χ2v) is 11.2. The molecule has 2 heterocycles. The number of fused-ring (bicyclic) bond motifs is 1. The van der Waals surface area contributed by atoms with Gasteiger partial charge in [-0.25, -0.2) is 8.78 Å². The van der Waals surface area contributed by atoms with E-state index in [4.69, 9.17) is 14.2 Å². The van der Waals surface area contributed by atoms with E-state index in [0.29, 0.717) is 47.5 Å². The summed E-state index contributed by atoms with van der Waals surface area (Å²) in [6.45, 7) is 0.578. The monoisotopic (exact) mass is 571 g/mol. The molecule has 1 aromatic heterocycles. The number of benzene rings is 3. The number of nitrogens with zero attached hydrogens (tertiary/aromatic N) is 1. The third-order valence-corrected chi connectivity index (χ3v) is 8.09. The van der Waals surface area contributed by atoms with Crippen LogP contribution in [0.3, 0.4) is 0 Å². The van der Waals surface area contributed by atoms with Crippen molar-refractivity contribution < 1.29 is 32.6 Å². The first kappa shape index (κ1) is 26.3. The fourth-order valence-electron chi connectivity index (χ4n) is 5.32. The smallest absolute Gasteiger partial charge is 0.240 e. The van der Waals surface area contributed by atoms with Crippen LogP contribution in [0.1, 0.15) is 32.1 Å². The molecule has 3 fully saturated rings. The summed E-state index contributed by atoms with van der Waals surface area (Å²) >= 11 is 0. The number of carbonyl (C=O) groups excluding carboxylic acids is 2. The van der Waals surface area contributed by atoms with Gasteiger partial charge in [0, 0.05) is 41.5 Å². The number of rotatable bonds is 8. The zero-order valence-electron chi connectivity index (χ0n) is 22.5. The minimum absolute atomic E-state index is 0.0106. The van der Waals surface area contributed by atoms with E-state index in [0.717, 1.165) is 25.3 Å². The molecule has 4 aromatic rings. The van der Waals surface area contributed by atoms with E-state index in [1.54, 1.807) is 12.3 Å². The molecule has 2 saturated carbocycles. The normalized spacial score (nSPS) is 19.3. The van der Waals surface area contributed by atoms with Crippen LogP contribution in [0.5, 0.6) is 17.2 Å². The largest absolute Gasteiger partial charge is 0.488 e. The minimum Gasteiger partial charge on any atom is -0.488 e. The lowest BCUT2D eigenvalue weighted by molar-refractivity contribution is -0.131. The van der Waals surface area contributed by atoms with E-state index in [1.807, 2.05) is 18.2 Å². The van der Waals surface area contributed by atoms with Crippen molar-refractivity contribution in [1.82, 2.24) is 4.98 Å². The zero-order valence-corrected chi connectivity index (χ0v) is 22.5. The number of ether oxygens (including phenoxy) is 3. The summed E-state index contributed by atoms with van der Waals surface area (Å²) in [6.07, 6.45) is 5.37. The second kappa shape index (κ2) is 10.1. The van der Waals surface area contributed by atoms with Gasteiger partial charge in [0.2, 0.25) is 11.8 Å². The number of aromatic nitrogens is 1. The molecule has 3 aliphatic rings. The van der Waals surface area contributed by atoms with Gasteiger partial charge in [-0.2, -0.15) is 0 Å². The third-order valence-electron chi connectivity index (χ3n) is 8.09. The molecule has 1 spiro atoms. The highest BCUT2D eigenvalue weighted by Crippen LogP contribution is 2.49. The Morgan fingerprint density at radius 3 is 2.29 bits per heavy atom. The third kappa shape index (κ3) is 5.14. The molecule has 2 N–H and O–H groups in total. The molecule has 3 aromatic carbocycles. The van der Waals surface area contributed by atoms with Crippen LogP contribution in [-0.4, -0.2) is 35.1 Å². The fraction of sp³-hybridized carbons (Fsp3) is 0.281. The van der Waals surface area contributed by atoms with Crippen LogP contribution in [0, 0.1) is 17.0 Å². The Morgan fingerprint density at radius 2 is 1.60 bits per heavy atom. The SMILES string of the molecule is O=C(Nc1ccc(F)cc1)C1(C(=O)Nc2ccc(Oc3ccnc4cc(OC5COC6(CC6)C5)ccc34)c(F)c2)CC1. The minimum atomic E-state index is -1.26. The number of anilines is 2. The average Bonchev–Trinajstić information content (AvgIpc) is 3.89. The summed E-state index contributed by atoms with van der Waals surface area (Å²) in [7, 11) is 0. The highest BCUT2D eigenvalue weighted by Gasteiger charge is 2.56. The quantitative estimate of drug-likeness (QED) is 0.239. The maximum atomic E-state index is 15.1. The van der Waals surface area contributed by atoms with Crippen LogP contribution in [-0.2, 0) is 14.3 Å². The molecule has 0 radical (unpaired) electrons. The standard InChI is InChI=1S/C32H27F2N3O5/c33-19-1-3-20(4-2-19)36-29(38)32(12-13-32)30(39)37-21-5-8-28(25(34)15-21)42-27-9-14-35-26-16-22(6-7-24(26)27)41-23-17-31(10-11-31)40-18-23/h1-9,14-16,23H,10-13,17-18H2,(H,36,38)(H,37,39). The maximum absolute atomic E-state index is 15.1. The van der Waals surface area contributed by atoms with E-state index in [9.17, 15) is 14.0 Å². The van der Waals surface area contributed by atoms with Crippen molar-refractivity contribution in [1.29, 1.82) is 0 Å². The van der Waals surface area contributed by atoms with Crippen molar-refractivity contribution in [2.24, 2.45) is 5.41 Å².